The monoisotopic (exact) mass is 362 g/mol. The number of benzene rings is 1. The van der Waals surface area contributed by atoms with Gasteiger partial charge in [0, 0.05) is 0 Å². The minimum atomic E-state index is -0.628. The highest BCUT2D eigenvalue weighted by Crippen LogP contribution is 2.48. The van der Waals surface area contributed by atoms with Crippen molar-refractivity contribution in [2.45, 2.75) is 90.6 Å². The quantitative estimate of drug-likeness (QED) is 0.802. The van der Waals surface area contributed by atoms with E-state index in [-0.39, 0.29) is 30.5 Å². The van der Waals surface area contributed by atoms with E-state index >= 15 is 0 Å². The summed E-state index contributed by atoms with van der Waals surface area (Å²) in [7, 11) is 0. The first kappa shape index (κ1) is 18.4. The topological polar surface area (TPSA) is 46.2 Å². The van der Waals surface area contributed by atoms with Crippen LogP contribution in [0, 0.1) is 20.8 Å². The van der Waals surface area contributed by atoms with Gasteiger partial charge in [-0.3, -0.25) is 0 Å². The standard InChI is InChI=1S/C21H30O5/c1-11-8-12(2)15(13(3)9-11)17-19-18(25-21(6,7)26-19)16(23-17)14-10-22-20(4,5)24-14/h8-9,14,16-19H,10H2,1-7H3/t14-,16-,17-,18+,19-/m1/s1. The minimum Gasteiger partial charge on any atom is -0.362 e. The highest BCUT2D eigenvalue weighted by Gasteiger charge is 2.59. The first-order valence-corrected chi connectivity index (χ1v) is 9.47. The van der Waals surface area contributed by atoms with E-state index in [0.717, 1.165) is 0 Å². The van der Waals surface area contributed by atoms with Gasteiger partial charge in [0.25, 0.3) is 0 Å². The molecule has 5 heteroatoms. The van der Waals surface area contributed by atoms with E-state index < -0.39 is 11.6 Å². The molecule has 0 spiro atoms. The fourth-order valence-electron chi connectivity index (χ4n) is 4.68. The van der Waals surface area contributed by atoms with Crippen LogP contribution in [-0.4, -0.2) is 42.6 Å². The van der Waals surface area contributed by atoms with Crippen LogP contribution >= 0.6 is 0 Å². The van der Waals surface area contributed by atoms with Crippen LogP contribution in [-0.2, 0) is 23.7 Å². The zero-order chi connectivity index (χ0) is 18.9. The molecule has 26 heavy (non-hydrogen) atoms. The largest absolute Gasteiger partial charge is 0.362 e. The molecular weight excluding hydrogens is 332 g/mol. The molecule has 0 amide bonds. The van der Waals surface area contributed by atoms with Crippen LogP contribution in [0.25, 0.3) is 0 Å². The predicted molar refractivity (Wildman–Crippen MR) is 97.0 cm³/mol. The fourth-order valence-corrected chi connectivity index (χ4v) is 4.68. The highest BCUT2D eigenvalue weighted by atomic mass is 16.8. The van der Waals surface area contributed by atoms with E-state index in [2.05, 4.69) is 32.9 Å². The Morgan fingerprint density at radius 3 is 2.00 bits per heavy atom. The average molecular weight is 362 g/mol. The van der Waals surface area contributed by atoms with Crippen LogP contribution in [0.15, 0.2) is 12.1 Å². The van der Waals surface area contributed by atoms with Crippen LogP contribution in [0.5, 0.6) is 0 Å². The molecule has 0 saturated carbocycles. The molecular formula is C21H30O5. The van der Waals surface area contributed by atoms with Crippen molar-refractivity contribution >= 4 is 0 Å². The number of hydrogen-bond acceptors (Lipinski definition) is 5. The molecule has 4 rings (SSSR count). The number of rotatable bonds is 2. The molecule has 0 aliphatic carbocycles. The molecule has 3 heterocycles. The Labute approximate surface area is 155 Å². The zero-order valence-corrected chi connectivity index (χ0v) is 16.8. The van der Waals surface area contributed by atoms with Crippen molar-refractivity contribution < 1.29 is 23.7 Å². The van der Waals surface area contributed by atoms with Crippen LogP contribution in [0.2, 0.25) is 0 Å². The Balaban J connectivity index is 1.69. The van der Waals surface area contributed by atoms with Gasteiger partial charge < -0.3 is 23.7 Å². The van der Waals surface area contributed by atoms with Gasteiger partial charge in [0.2, 0.25) is 0 Å². The number of ether oxygens (including phenoxy) is 5. The summed E-state index contributed by atoms with van der Waals surface area (Å²) in [5.41, 5.74) is 4.91. The van der Waals surface area contributed by atoms with Crippen LogP contribution in [0.4, 0.5) is 0 Å². The van der Waals surface area contributed by atoms with Crippen LogP contribution < -0.4 is 0 Å². The molecule has 144 valence electrons. The second-order valence-electron chi connectivity index (χ2n) is 8.77. The third kappa shape index (κ3) is 3.10. The first-order chi connectivity index (χ1) is 12.1. The average Bonchev–Trinajstić information content (AvgIpc) is 3.09. The molecule has 0 radical (unpaired) electrons. The third-order valence-corrected chi connectivity index (χ3v) is 5.51. The summed E-state index contributed by atoms with van der Waals surface area (Å²) in [6.07, 6.45) is -0.862. The number of fused-ring (bicyclic) bond motifs is 1. The molecule has 5 atom stereocenters. The molecule has 3 aliphatic heterocycles. The molecule has 0 bridgehead atoms. The lowest BCUT2D eigenvalue weighted by atomic mass is 9.92. The maximum Gasteiger partial charge on any atom is 0.164 e. The van der Waals surface area contributed by atoms with Crippen molar-refractivity contribution in [1.82, 2.24) is 0 Å². The second kappa shape index (κ2) is 6.01. The van der Waals surface area contributed by atoms with Gasteiger partial charge in [-0.05, 0) is 65.2 Å². The molecule has 0 aromatic heterocycles. The van der Waals surface area contributed by atoms with Crippen LogP contribution in [0.3, 0.4) is 0 Å². The SMILES string of the molecule is Cc1cc(C)c([C@H]2O[C@H]([C@H]3COC(C)(C)O3)[C@@H]3OC(C)(C)O[C@@H]32)c(C)c1. The Morgan fingerprint density at radius 2 is 1.42 bits per heavy atom. The van der Waals surface area contributed by atoms with E-state index in [1.54, 1.807) is 0 Å². The van der Waals surface area contributed by atoms with Gasteiger partial charge in [-0.1, -0.05) is 17.7 Å². The summed E-state index contributed by atoms with van der Waals surface area (Å²) >= 11 is 0. The highest BCUT2D eigenvalue weighted by molar-refractivity contribution is 5.40. The lowest BCUT2D eigenvalue weighted by Gasteiger charge is -2.28. The van der Waals surface area contributed by atoms with E-state index in [1.165, 1.54) is 22.3 Å². The van der Waals surface area contributed by atoms with Gasteiger partial charge in [0.15, 0.2) is 11.6 Å². The van der Waals surface area contributed by atoms with Crippen molar-refractivity contribution in [3.63, 3.8) is 0 Å². The van der Waals surface area contributed by atoms with Crippen molar-refractivity contribution in [3.05, 3.63) is 34.4 Å². The molecule has 3 saturated heterocycles. The number of aryl methyl sites for hydroxylation is 3. The molecule has 3 fully saturated rings. The van der Waals surface area contributed by atoms with Gasteiger partial charge >= 0.3 is 0 Å². The zero-order valence-electron chi connectivity index (χ0n) is 16.8. The fraction of sp³-hybridized carbons (Fsp3) is 0.714. The summed E-state index contributed by atoms with van der Waals surface area (Å²) in [6, 6.07) is 4.40. The lowest BCUT2D eigenvalue weighted by molar-refractivity contribution is -0.207. The van der Waals surface area contributed by atoms with Gasteiger partial charge in [0.1, 0.15) is 30.5 Å². The summed E-state index contributed by atoms with van der Waals surface area (Å²) in [4.78, 5) is 0. The van der Waals surface area contributed by atoms with Crippen molar-refractivity contribution in [1.29, 1.82) is 0 Å². The molecule has 0 N–H and O–H groups in total. The second-order valence-corrected chi connectivity index (χ2v) is 8.77. The molecule has 0 unspecified atom stereocenters. The summed E-state index contributed by atoms with van der Waals surface area (Å²) in [5.74, 6) is -1.22. The third-order valence-electron chi connectivity index (χ3n) is 5.51. The maximum atomic E-state index is 6.53. The summed E-state index contributed by atoms with van der Waals surface area (Å²) in [6.45, 7) is 14.7. The molecule has 1 aromatic rings. The predicted octanol–water partition coefficient (Wildman–Crippen LogP) is 3.72. The van der Waals surface area contributed by atoms with Crippen molar-refractivity contribution in [2.24, 2.45) is 0 Å². The van der Waals surface area contributed by atoms with Crippen LogP contribution in [0.1, 0.15) is 56.1 Å². The number of hydrogen-bond donors (Lipinski definition) is 0. The minimum absolute atomic E-state index is 0.151. The first-order valence-electron chi connectivity index (χ1n) is 9.47. The van der Waals surface area contributed by atoms with Gasteiger partial charge in [0.05, 0.1) is 6.61 Å². The summed E-state index contributed by atoms with van der Waals surface area (Å²) in [5, 5.41) is 0. The Hall–Kier alpha value is -0.980. The maximum absolute atomic E-state index is 6.53. The normalized spacial score (nSPS) is 37.9. The van der Waals surface area contributed by atoms with E-state index in [9.17, 15) is 0 Å². The summed E-state index contributed by atoms with van der Waals surface area (Å²) < 4.78 is 30.9. The van der Waals surface area contributed by atoms with E-state index in [1.807, 2.05) is 27.7 Å². The lowest BCUT2D eigenvalue weighted by Crippen LogP contribution is -2.40. The van der Waals surface area contributed by atoms with Gasteiger partial charge in [-0.15, -0.1) is 0 Å². The van der Waals surface area contributed by atoms with Gasteiger partial charge in [-0.2, -0.15) is 0 Å². The van der Waals surface area contributed by atoms with E-state index in [0.29, 0.717) is 6.61 Å². The Bertz CT molecular complexity index is 687. The molecule has 3 aliphatic rings. The molecule has 5 nitrogen and oxygen atoms in total. The smallest absolute Gasteiger partial charge is 0.164 e. The van der Waals surface area contributed by atoms with E-state index in [4.69, 9.17) is 23.7 Å². The van der Waals surface area contributed by atoms with Gasteiger partial charge in [-0.25, -0.2) is 0 Å². The van der Waals surface area contributed by atoms with Crippen molar-refractivity contribution in [3.8, 4) is 0 Å². The van der Waals surface area contributed by atoms with Crippen molar-refractivity contribution in [2.75, 3.05) is 6.61 Å². The molecule has 1 aromatic carbocycles. The Kier molecular flexibility index (Phi) is 4.25. The Morgan fingerprint density at radius 1 is 0.808 bits per heavy atom.